The van der Waals surface area contributed by atoms with Crippen molar-refractivity contribution in [1.82, 2.24) is 20.2 Å². The highest BCUT2D eigenvalue weighted by Crippen LogP contribution is 2.21. The summed E-state index contributed by atoms with van der Waals surface area (Å²) in [7, 11) is 1.81. The van der Waals surface area contributed by atoms with Crippen molar-refractivity contribution in [2.24, 2.45) is 4.99 Å². The van der Waals surface area contributed by atoms with Gasteiger partial charge in [-0.05, 0) is 30.2 Å². The van der Waals surface area contributed by atoms with Gasteiger partial charge in [-0.25, -0.2) is 9.97 Å². The maximum atomic E-state index is 6.23. The number of halogens is 3. The average Bonchev–Trinajstić information content (AvgIpc) is 2.68. The van der Waals surface area contributed by atoms with Crippen LogP contribution in [0, 0.1) is 0 Å². The van der Waals surface area contributed by atoms with Crippen molar-refractivity contribution >= 4 is 59.1 Å². The summed E-state index contributed by atoms with van der Waals surface area (Å²) in [6.07, 6.45) is 4.36. The van der Waals surface area contributed by atoms with Crippen molar-refractivity contribution in [2.75, 3.05) is 44.7 Å². The van der Waals surface area contributed by atoms with Crippen LogP contribution < -0.4 is 10.2 Å². The third-order valence-electron chi connectivity index (χ3n) is 4.32. The molecule has 1 aromatic carbocycles. The van der Waals surface area contributed by atoms with E-state index in [-0.39, 0.29) is 24.0 Å². The third kappa shape index (κ3) is 6.08. The lowest BCUT2D eigenvalue weighted by molar-refractivity contribution is 0.370. The molecule has 0 atom stereocenters. The van der Waals surface area contributed by atoms with Crippen LogP contribution in [0.2, 0.25) is 10.0 Å². The van der Waals surface area contributed by atoms with Gasteiger partial charge in [0.2, 0.25) is 5.95 Å². The number of nitrogens with zero attached hydrogens (tertiary/aromatic N) is 5. The summed E-state index contributed by atoms with van der Waals surface area (Å²) in [6, 6.07) is 7.44. The first-order valence-electron chi connectivity index (χ1n) is 8.59. The molecule has 0 bridgehead atoms. The molecular formula is C18H23Cl2IN6. The van der Waals surface area contributed by atoms with Gasteiger partial charge in [0.25, 0.3) is 0 Å². The Balaban J connectivity index is 0.00000261. The Morgan fingerprint density at radius 1 is 1.15 bits per heavy atom. The quantitative estimate of drug-likeness (QED) is 0.380. The maximum absolute atomic E-state index is 6.23. The second-order valence-corrected chi connectivity index (χ2v) is 6.83. The number of anilines is 1. The van der Waals surface area contributed by atoms with Gasteiger partial charge in [0.15, 0.2) is 5.96 Å². The molecule has 27 heavy (non-hydrogen) atoms. The molecule has 1 saturated heterocycles. The summed E-state index contributed by atoms with van der Waals surface area (Å²) in [5.74, 6) is 1.69. The standard InChI is InChI=1S/C18H22Cl2N6.HI/c1-21-17(24-8-5-14-3-4-15(19)13-16(14)20)25-9-11-26(12-10-25)18-22-6-2-7-23-18;/h2-4,6-7,13H,5,8-12H2,1H3,(H,21,24);1H. The van der Waals surface area contributed by atoms with Crippen molar-refractivity contribution in [1.29, 1.82) is 0 Å². The molecule has 2 aromatic rings. The highest BCUT2D eigenvalue weighted by molar-refractivity contribution is 14.0. The summed E-state index contributed by atoms with van der Waals surface area (Å²) >= 11 is 12.2. The van der Waals surface area contributed by atoms with E-state index in [4.69, 9.17) is 23.2 Å². The summed E-state index contributed by atoms with van der Waals surface area (Å²) < 4.78 is 0. The minimum Gasteiger partial charge on any atom is -0.356 e. The molecule has 0 radical (unpaired) electrons. The lowest BCUT2D eigenvalue weighted by Gasteiger charge is -2.36. The van der Waals surface area contributed by atoms with Crippen LogP contribution >= 0.6 is 47.2 Å². The van der Waals surface area contributed by atoms with Gasteiger partial charge in [-0.15, -0.1) is 24.0 Å². The summed E-state index contributed by atoms with van der Waals surface area (Å²) in [4.78, 5) is 17.5. The van der Waals surface area contributed by atoms with Crippen LogP contribution in [0.5, 0.6) is 0 Å². The first kappa shape index (κ1) is 22.0. The fourth-order valence-electron chi connectivity index (χ4n) is 2.94. The highest BCUT2D eigenvalue weighted by atomic mass is 127. The molecule has 0 spiro atoms. The predicted octanol–water partition coefficient (Wildman–Crippen LogP) is 3.34. The number of benzene rings is 1. The predicted molar refractivity (Wildman–Crippen MR) is 123 cm³/mol. The maximum Gasteiger partial charge on any atom is 0.225 e. The molecular weight excluding hydrogens is 498 g/mol. The number of guanidine groups is 1. The Bertz CT molecular complexity index is 751. The Kier molecular flexibility index (Phi) is 8.85. The number of hydrogen-bond acceptors (Lipinski definition) is 4. The van der Waals surface area contributed by atoms with Gasteiger partial charge < -0.3 is 15.1 Å². The fraction of sp³-hybridized carbons (Fsp3) is 0.389. The van der Waals surface area contributed by atoms with Gasteiger partial charge in [0.05, 0.1) is 0 Å². The van der Waals surface area contributed by atoms with Gasteiger partial charge in [-0.2, -0.15) is 0 Å². The molecule has 1 N–H and O–H groups in total. The van der Waals surface area contributed by atoms with E-state index in [1.807, 2.05) is 25.2 Å². The zero-order chi connectivity index (χ0) is 18.4. The Morgan fingerprint density at radius 3 is 2.48 bits per heavy atom. The zero-order valence-corrected chi connectivity index (χ0v) is 18.9. The highest BCUT2D eigenvalue weighted by Gasteiger charge is 2.20. The van der Waals surface area contributed by atoms with Crippen molar-refractivity contribution in [3.05, 3.63) is 52.3 Å². The molecule has 0 saturated carbocycles. The molecule has 1 fully saturated rings. The number of aliphatic imine (C=N–C) groups is 1. The summed E-state index contributed by atoms with van der Waals surface area (Å²) in [6.45, 7) is 4.25. The van der Waals surface area contributed by atoms with Crippen LogP contribution in [-0.2, 0) is 6.42 Å². The first-order valence-corrected chi connectivity index (χ1v) is 9.34. The molecule has 1 aliphatic heterocycles. The second-order valence-electron chi connectivity index (χ2n) is 5.98. The smallest absolute Gasteiger partial charge is 0.225 e. The normalized spacial score (nSPS) is 14.7. The number of piperazine rings is 1. The molecule has 1 aromatic heterocycles. The molecule has 0 amide bonds. The second kappa shape index (κ2) is 10.9. The molecule has 0 aliphatic carbocycles. The van der Waals surface area contributed by atoms with Gasteiger partial charge in [0, 0.05) is 62.2 Å². The Hall–Kier alpha value is -1.32. The molecule has 3 rings (SSSR count). The van der Waals surface area contributed by atoms with Crippen LogP contribution in [0.3, 0.4) is 0 Å². The van der Waals surface area contributed by atoms with Gasteiger partial charge in [0.1, 0.15) is 0 Å². The Labute approximate surface area is 187 Å². The van der Waals surface area contributed by atoms with E-state index in [1.54, 1.807) is 18.5 Å². The van der Waals surface area contributed by atoms with Crippen LogP contribution in [0.4, 0.5) is 5.95 Å². The summed E-state index contributed by atoms with van der Waals surface area (Å²) in [5, 5.41) is 4.77. The van der Waals surface area contributed by atoms with E-state index in [0.29, 0.717) is 10.0 Å². The van der Waals surface area contributed by atoms with E-state index in [1.165, 1.54) is 0 Å². The fourth-order valence-corrected chi connectivity index (χ4v) is 3.44. The molecule has 9 heteroatoms. The molecule has 1 aliphatic rings. The SMILES string of the molecule is CN=C(NCCc1ccc(Cl)cc1Cl)N1CCN(c2ncccn2)CC1.I. The Morgan fingerprint density at radius 2 is 1.85 bits per heavy atom. The van der Waals surface area contributed by atoms with Crippen LogP contribution in [-0.4, -0.2) is 60.6 Å². The minimum absolute atomic E-state index is 0. The molecule has 0 unspecified atom stereocenters. The number of nitrogens with one attached hydrogen (secondary N) is 1. The van der Waals surface area contributed by atoms with E-state index in [9.17, 15) is 0 Å². The summed E-state index contributed by atoms with van der Waals surface area (Å²) in [5.41, 5.74) is 1.07. The van der Waals surface area contributed by atoms with Crippen molar-refractivity contribution in [3.63, 3.8) is 0 Å². The number of rotatable bonds is 4. The van der Waals surface area contributed by atoms with E-state index in [0.717, 1.165) is 56.6 Å². The average molecular weight is 521 g/mol. The van der Waals surface area contributed by atoms with Gasteiger partial charge in [-0.3, -0.25) is 4.99 Å². The van der Waals surface area contributed by atoms with E-state index in [2.05, 4.69) is 30.1 Å². The lowest BCUT2D eigenvalue weighted by Crippen LogP contribution is -2.53. The first-order chi connectivity index (χ1) is 12.7. The monoisotopic (exact) mass is 520 g/mol. The van der Waals surface area contributed by atoms with Crippen LogP contribution in [0.15, 0.2) is 41.7 Å². The topological polar surface area (TPSA) is 56.7 Å². The van der Waals surface area contributed by atoms with Crippen LogP contribution in [0.1, 0.15) is 5.56 Å². The van der Waals surface area contributed by atoms with E-state index < -0.39 is 0 Å². The van der Waals surface area contributed by atoms with E-state index >= 15 is 0 Å². The van der Waals surface area contributed by atoms with Gasteiger partial charge in [-0.1, -0.05) is 29.3 Å². The molecule has 146 valence electrons. The number of hydrogen-bond donors (Lipinski definition) is 1. The van der Waals surface area contributed by atoms with Crippen molar-refractivity contribution in [2.45, 2.75) is 6.42 Å². The molecule has 2 heterocycles. The van der Waals surface area contributed by atoms with Crippen LogP contribution in [0.25, 0.3) is 0 Å². The largest absolute Gasteiger partial charge is 0.356 e. The minimum atomic E-state index is 0. The zero-order valence-electron chi connectivity index (χ0n) is 15.1. The third-order valence-corrected chi connectivity index (χ3v) is 4.91. The van der Waals surface area contributed by atoms with Crippen molar-refractivity contribution < 1.29 is 0 Å². The van der Waals surface area contributed by atoms with Crippen molar-refractivity contribution in [3.8, 4) is 0 Å². The lowest BCUT2D eigenvalue weighted by atomic mass is 10.1. The number of aromatic nitrogens is 2. The van der Waals surface area contributed by atoms with Gasteiger partial charge >= 0.3 is 0 Å². The molecule has 6 nitrogen and oxygen atoms in total.